The van der Waals surface area contributed by atoms with Crippen molar-refractivity contribution in [3.63, 3.8) is 0 Å². The highest BCUT2D eigenvalue weighted by atomic mass is 35.5. The Labute approximate surface area is 73.3 Å². The monoisotopic (exact) mass is 182 g/mol. The van der Waals surface area contributed by atoms with E-state index in [1.54, 1.807) is 6.07 Å². The molecule has 0 amide bonds. The second-order valence-corrected chi connectivity index (χ2v) is 3.16. The van der Waals surface area contributed by atoms with Crippen molar-refractivity contribution in [1.29, 1.82) is 0 Å². The Hall–Kier alpha value is -1.22. The number of H-pyrrole nitrogens is 2. The van der Waals surface area contributed by atoms with Crippen LogP contribution in [0, 0.1) is 6.92 Å². The zero-order valence-electron chi connectivity index (χ0n) is 6.44. The normalized spacial score (nSPS) is 10.8. The van der Waals surface area contributed by atoms with Crippen LogP contribution in [-0.2, 0) is 0 Å². The lowest BCUT2D eigenvalue weighted by molar-refractivity contribution is 1.08. The van der Waals surface area contributed by atoms with Crippen LogP contribution in [0.15, 0.2) is 16.9 Å². The molecule has 0 saturated heterocycles. The van der Waals surface area contributed by atoms with Crippen LogP contribution in [0.25, 0.3) is 10.9 Å². The number of rotatable bonds is 0. The van der Waals surface area contributed by atoms with Crippen LogP contribution in [-0.4, -0.2) is 10.2 Å². The molecule has 1 aromatic carbocycles. The molecule has 0 unspecified atom stereocenters. The lowest BCUT2D eigenvalue weighted by Gasteiger charge is -1.94. The molecule has 1 aromatic heterocycles. The highest BCUT2D eigenvalue weighted by Gasteiger charge is 2.03. The van der Waals surface area contributed by atoms with Crippen LogP contribution in [0.4, 0.5) is 0 Å². The summed E-state index contributed by atoms with van der Waals surface area (Å²) in [4.78, 5) is 11.1. The molecule has 2 aromatic rings. The van der Waals surface area contributed by atoms with Gasteiger partial charge in [-0.3, -0.25) is 15.0 Å². The first-order valence-corrected chi connectivity index (χ1v) is 3.93. The van der Waals surface area contributed by atoms with Gasteiger partial charge in [0.2, 0.25) is 0 Å². The predicted octanol–water partition coefficient (Wildman–Crippen LogP) is 1.82. The van der Waals surface area contributed by atoms with Gasteiger partial charge in [0.15, 0.2) is 0 Å². The van der Waals surface area contributed by atoms with Crippen LogP contribution in [0.5, 0.6) is 0 Å². The maximum atomic E-state index is 11.1. The molecule has 4 heteroatoms. The van der Waals surface area contributed by atoms with Crippen molar-refractivity contribution in [3.05, 3.63) is 33.1 Å². The summed E-state index contributed by atoms with van der Waals surface area (Å²) in [6.07, 6.45) is 0. The number of benzene rings is 1. The first-order valence-electron chi connectivity index (χ1n) is 3.55. The topological polar surface area (TPSA) is 48.6 Å². The minimum Gasteiger partial charge on any atom is -0.297 e. The molecule has 0 saturated carbocycles. The number of nitrogens with one attached hydrogen (secondary N) is 2. The maximum Gasteiger partial charge on any atom is 0.271 e. The number of fused-ring (bicyclic) bond motifs is 1. The van der Waals surface area contributed by atoms with E-state index >= 15 is 0 Å². The molecule has 0 spiro atoms. The second-order valence-electron chi connectivity index (χ2n) is 2.72. The summed E-state index contributed by atoms with van der Waals surface area (Å²) in [5, 5.41) is 6.49. The molecule has 0 aliphatic carbocycles. The Morgan fingerprint density at radius 3 is 2.83 bits per heavy atom. The van der Waals surface area contributed by atoms with Crippen LogP contribution in [0.1, 0.15) is 5.56 Å². The molecule has 0 radical (unpaired) electrons. The molecule has 2 N–H and O–H groups in total. The Kier molecular flexibility index (Phi) is 1.48. The zero-order chi connectivity index (χ0) is 8.72. The summed E-state index contributed by atoms with van der Waals surface area (Å²) >= 11 is 5.79. The fourth-order valence-corrected chi connectivity index (χ4v) is 1.55. The second kappa shape index (κ2) is 2.38. The van der Waals surface area contributed by atoms with Gasteiger partial charge >= 0.3 is 0 Å². The number of aromatic nitrogens is 2. The minimum atomic E-state index is -0.129. The van der Waals surface area contributed by atoms with E-state index in [9.17, 15) is 4.79 Å². The smallest absolute Gasteiger partial charge is 0.271 e. The van der Waals surface area contributed by atoms with E-state index in [2.05, 4.69) is 10.2 Å². The molecular weight excluding hydrogens is 176 g/mol. The van der Waals surface area contributed by atoms with E-state index in [-0.39, 0.29) is 5.56 Å². The molecule has 1 heterocycles. The number of hydrogen-bond donors (Lipinski definition) is 2. The van der Waals surface area contributed by atoms with Crippen LogP contribution in [0.2, 0.25) is 5.02 Å². The van der Waals surface area contributed by atoms with Crippen molar-refractivity contribution in [2.75, 3.05) is 0 Å². The van der Waals surface area contributed by atoms with Crippen molar-refractivity contribution >= 4 is 22.5 Å². The van der Waals surface area contributed by atoms with Crippen molar-refractivity contribution in [2.45, 2.75) is 6.92 Å². The van der Waals surface area contributed by atoms with Crippen LogP contribution >= 0.6 is 11.6 Å². The lowest BCUT2D eigenvalue weighted by atomic mass is 10.2. The lowest BCUT2D eigenvalue weighted by Crippen LogP contribution is -1.97. The summed E-state index contributed by atoms with van der Waals surface area (Å²) in [5.41, 5.74) is 1.66. The van der Waals surface area contributed by atoms with E-state index in [0.717, 1.165) is 11.1 Å². The highest BCUT2D eigenvalue weighted by molar-refractivity contribution is 6.31. The first kappa shape index (κ1) is 7.43. The SMILES string of the molecule is Cc1cc(Cl)cc2c(=O)[nH][nH]c12. The summed E-state index contributed by atoms with van der Waals surface area (Å²) < 4.78 is 0. The average Bonchev–Trinajstić information content (AvgIpc) is 2.33. The fraction of sp³-hybridized carbons (Fsp3) is 0.125. The predicted molar refractivity (Wildman–Crippen MR) is 48.7 cm³/mol. The van der Waals surface area contributed by atoms with E-state index in [1.807, 2.05) is 13.0 Å². The van der Waals surface area contributed by atoms with Gasteiger partial charge < -0.3 is 0 Å². The number of hydrogen-bond acceptors (Lipinski definition) is 1. The van der Waals surface area contributed by atoms with Gasteiger partial charge in [0, 0.05) is 5.02 Å². The first-order chi connectivity index (χ1) is 5.68. The van der Waals surface area contributed by atoms with Crippen molar-refractivity contribution < 1.29 is 0 Å². The number of aryl methyl sites for hydroxylation is 1. The number of aromatic amines is 2. The van der Waals surface area contributed by atoms with Gasteiger partial charge in [-0.25, -0.2) is 0 Å². The standard InChI is InChI=1S/C8H7ClN2O/c1-4-2-5(9)3-6-7(4)10-11-8(6)12/h2-3H,1H3,(H2,10,11,12). The molecule has 3 nitrogen and oxygen atoms in total. The third-order valence-electron chi connectivity index (χ3n) is 1.85. The fourth-order valence-electron chi connectivity index (χ4n) is 1.27. The van der Waals surface area contributed by atoms with Crippen molar-refractivity contribution in [1.82, 2.24) is 10.2 Å². The molecule has 0 aliphatic rings. The molecule has 12 heavy (non-hydrogen) atoms. The van der Waals surface area contributed by atoms with Crippen LogP contribution in [0.3, 0.4) is 0 Å². The Morgan fingerprint density at radius 1 is 1.33 bits per heavy atom. The summed E-state index contributed by atoms with van der Waals surface area (Å²) in [6, 6.07) is 3.47. The van der Waals surface area contributed by atoms with Gasteiger partial charge in [-0.1, -0.05) is 11.6 Å². The Bertz CT molecular complexity index is 483. The summed E-state index contributed by atoms with van der Waals surface area (Å²) in [5.74, 6) is 0. The number of halogens is 1. The molecule has 0 bridgehead atoms. The average molecular weight is 183 g/mol. The van der Waals surface area contributed by atoms with E-state index < -0.39 is 0 Å². The molecule has 62 valence electrons. The van der Waals surface area contributed by atoms with Gasteiger partial charge in [-0.05, 0) is 24.6 Å². The molecule has 0 fully saturated rings. The summed E-state index contributed by atoms with van der Waals surface area (Å²) in [7, 11) is 0. The van der Waals surface area contributed by atoms with E-state index in [4.69, 9.17) is 11.6 Å². The van der Waals surface area contributed by atoms with E-state index in [0.29, 0.717) is 10.4 Å². The van der Waals surface area contributed by atoms with Gasteiger partial charge in [-0.2, -0.15) is 0 Å². The van der Waals surface area contributed by atoms with Crippen LogP contribution < -0.4 is 5.56 Å². The molecular formula is C8H7ClN2O. The highest BCUT2D eigenvalue weighted by Crippen LogP contribution is 2.18. The van der Waals surface area contributed by atoms with Gasteiger partial charge in [0.25, 0.3) is 5.56 Å². The maximum absolute atomic E-state index is 11.1. The minimum absolute atomic E-state index is 0.129. The largest absolute Gasteiger partial charge is 0.297 e. The zero-order valence-corrected chi connectivity index (χ0v) is 7.20. The Balaban J connectivity index is 3.02. The molecule has 0 atom stereocenters. The quantitative estimate of drug-likeness (QED) is 0.642. The van der Waals surface area contributed by atoms with Crippen molar-refractivity contribution in [2.24, 2.45) is 0 Å². The van der Waals surface area contributed by atoms with Gasteiger partial charge in [0.1, 0.15) is 0 Å². The summed E-state index contributed by atoms with van der Waals surface area (Å²) in [6.45, 7) is 1.90. The van der Waals surface area contributed by atoms with E-state index in [1.165, 1.54) is 0 Å². The molecule has 2 rings (SSSR count). The van der Waals surface area contributed by atoms with Gasteiger partial charge in [0.05, 0.1) is 10.9 Å². The Morgan fingerprint density at radius 2 is 2.08 bits per heavy atom. The van der Waals surface area contributed by atoms with Crippen molar-refractivity contribution in [3.8, 4) is 0 Å². The third-order valence-corrected chi connectivity index (χ3v) is 2.06. The third kappa shape index (κ3) is 0.940. The molecule has 0 aliphatic heterocycles. The van der Waals surface area contributed by atoms with Gasteiger partial charge in [-0.15, -0.1) is 0 Å².